The third kappa shape index (κ3) is 13.0. The van der Waals surface area contributed by atoms with E-state index in [1.54, 1.807) is 25.7 Å². The fourth-order valence-electron chi connectivity index (χ4n) is 4.23. The van der Waals surface area contributed by atoms with Gasteiger partial charge >= 0.3 is 6.09 Å². The Morgan fingerprint density at radius 3 is 2.13 bits per heavy atom. The number of benzene rings is 1. The molecule has 0 radical (unpaired) electrons. The predicted octanol–water partition coefficient (Wildman–Crippen LogP) is 4.91. The summed E-state index contributed by atoms with van der Waals surface area (Å²) in [6.45, 7) is 15.2. The maximum atomic E-state index is 14.2. The number of nitrogens with one attached hydrogen (secondary N) is 2. The number of primary amides is 1. The highest BCUT2D eigenvalue weighted by Crippen LogP contribution is 2.27. The standard InChI is InChI=1S/C30H50N4O5/c1-9-10-11-12-15-20-34(25(26(36)33-29(3,4)5)22-17-14-13-16-21(22)2)27(37)23(18-19-24(31)35)32-28(38)39-30(6,7)8/h13-14,16-17,23,25H,9-12,15,18-20H2,1-8H3,(H2,31,35)(H,32,38)(H,33,36). The lowest BCUT2D eigenvalue weighted by atomic mass is 9.96. The predicted molar refractivity (Wildman–Crippen MR) is 154 cm³/mol. The van der Waals surface area contributed by atoms with Crippen molar-refractivity contribution in [3.8, 4) is 0 Å². The van der Waals surface area contributed by atoms with Crippen LogP contribution in [0.4, 0.5) is 4.79 Å². The zero-order valence-electron chi connectivity index (χ0n) is 25.2. The highest BCUT2D eigenvalue weighted by atomic mass is 16.6. The summed E-state index contributed by atoms with van der Waals surface area (Å²) in [7, 11) is 0. The number of amides is 4. The van der Waals surface area contributed by atoms with Crippen LogP contribution in [0, 0.1) is 6.92 Å². The Morgan fingerprint density at radius 2 is 1.59 bits per heavy atom. The lowest BCUT2D eigenvalue weighted by molar-refractivity contribution is -0.143. The molecule has 9 heteroatoms. The Kier molecular flexibility index (Phi) is 13.5. The minimum atomic E-state index is -1.10. The SMILES string of the molecule is CCCCCCCN(C(=O)C(CCC(N)=O)NC(=O)OC(C)(C)C)C(C(=O)NC(C)(C)C)c1ccccc1C. The second kappa shape index (κ2) is 15.5. The number of carbonyl (C=O) groups excluding carboxylic acids is 4. The van der Waals surface area contributed by atoms with Crippen molar-refractivity contribution in [2.75, 3.05) is 6.54 Å². The molecule has 39 heavy (non-hydrogen) atoms. The lowest BCUT2D eigenvalue weighted by Gasteiger charge is -2.36. The fraction of sp³-hybridized carbons (Fsp3) is 0.667. The average Bonchev–Trinajstić information content (AvgIpc) is 2.79. The average molecular weight is 547 g/mol. The summed E-state index contributed by atoms with van der Waals surface area (Å²) < 4.78 is 5.39. The molecule has 0 bridgehead atoms. The summed E-state index contributed by atoms with van der Waals surface area (Å²) in [4.78, 5) is 53.9. The Bertz CT molecular complexity index is 965. The van der Waals surface area contributed by atoms with Gasteiger partial charge in [-0.3, -0.25) is 14.4 Å². The van der Waals surface area contributed by atoms with Crippen molar-refractivity contribution in [2.24, 2.45) is 5.73 Å². The molecular weight excluding hydrogens is 496 g/mol. The molecule has 220 valence electrons. The molecule has 2 atom stereocenters. The molecule has 0 aliphatic rings. The van der Waals surface area contributed by atoms with Gasteiger partial charge in [0.1, 0.15) is 17.7 Å². The molecule has 1 aromatic rings. The second-order valence-electron chi connectivity index (χ2n) is 12.1. The minimum Gasteiger partial charge on any atom is -0.444 e. The van der Waals surface area contributed by atoms with Gasteiger partial charge in [0, 0.05) is 18.5 Å². The van der Waals surface area contributed by atoms with Crippen molar-refractivity contribution in [3.05, 3.63) is 35.4 Å². The van der Waals surface area contributed by atoms with Crippen LogP contribution in [0.3, 0.4) is 0 Å². The summed E-state index contributed by atoms with van der Waals surface area (Å²) >= 11 is 0. The Labute approximate surface area is 234 Å². The molecule has 0 aliphatic heterocycles. The molecular formula is C30H50N4O5. The van der Waals surface area contributed by atoms with Gasteiger partial charge in [0.25, 0.3) is 0 Å². The van der Waals surface area contributed by atoms with Crippen molar-refractivity contribution < 1.29 is 23.9 Å². The molecule has 0 fully saturated rings. The van der Waals surface area contributed by atoms with Crippen molar-refractivity contribution >= 4 is 23.8 Å². The van der Waals surface area contributed by atoms with Crippen LogP contribution in [0.2, 0.25) is 0 Å². The van der Waals surface area contributed by atoms with E-state index in [0.717, 1.165) is 31.2 Å². The van der Waals surface area contributed by atoms with E-state index in [1.807, 2.05) is 52.0 Å². The van der Waals surface area contributed by atoms with E-state index in [9.17, 15) is 19.2 Å². The second-order valence-corrected chi connectivity index (χ2v) is 12.1. The van der Waals surface area contributed by atoms with Gasteiger partial charge in [-0.1, -0.05) is 56.9 Å². The number of aryl methyl sites for hydroxylation is 1. The van der Waals surface area contributed by atoms with E-state index in [1.165, 1.54) is 0 Å². The van der Waals surface area contributed by atoms with Gasteiger partial charge < -0.3 is 26.0 Å². The number of alkyl carbamates (subject to hydrolysis) is 1. The van der Waals surface area contributed by atoms with Crippen molar-refractivity contribution in [1.29, 1.82) is 0 Å². The molecule has 0 saturated carbocycles. The van der Waals surface area contributed by atoms with Crippen LogP contribution >= 0.6 is 0 Å². The normalized spacial score (nSPS) is 13.2. The lowest BCUT2D eigenvalue weighted by Crippen LogP contribution is -2.55. The van der Waals surface area contributed by atoms with Gasteiger partial charge in [-0.15, -0.1) is 0 Å². The van der Waals surface area contributed by atoms with Crippen molar-refractivity contribution in [1.82, 2.24) is 15.5 Å². The number of nitrogens with zero attached hydrogens (tertiary/aromatic N) is 1. The molecule has 0 aromatic heterocycles. The molecule has 0 spiro atoms. The fourth-order valence-corrected chi connectivity index (χ4v) is 4.23. The molecule has 1 rings (SSSR count). The van der Waals surface area contributed by atoms with Crippen LogP contribution in [0.1, 0.15) is 111 Å². The summed E-state index contributed by atoms with van der Waals surface area (Å²) in [5.74, 6) is -1.37. The highest BCUT2D eigenvalue weighted by molar-refractivity contribution is 5.93. The third-order valence-electron chi connectivity index (χ3n) is 6.00. The largest absolute Gasteiger partial charge is 0.444 e. The molecule has 4 amide bonds. The summed E-state index contributed by atoms with van der Waals surface area (Å²) in [6.07, 6.45) is 3.86. The number of ether oxygens (including phenoxy) is 1. The van der Waals surface area contributed by atoms with Gasteiger partial charge in [-0.25, -0.2) is 4.79 Å². The first-order valence-electron chi connectivity index (χ1n) is 14.0. The third-order valence-corrected chi connectivity index (χ3v) is 6.00. The molecule has 0 heterocycles. The van der Waals surface area contributed by atoms with Crippen LogP contribution < -0.4 is 16.4 Å². The quantitative estimate of drug-likeness (QED) is 0.285. The topological polar surface area (TPSA) is 131 Å². The summed E-state index contributed by atoms with van der Waals surface area (Å²) in [6, 6.07) is 5.44. The van der Waals surface area contributed by atoms with Gasteiger partial charge in [0.15, 0.2) is 0 Å². The zero-order chi connectivity index (χ0) is 29.8. The number of hydrogen-bond donors (Lipinski definition) is 3. The monoisotopic (exact) mass is 546 g/mol. The van der Waals surface area contributed by atoms with Crippen LogP contribution in [-0.2, 0) is 19.1 Å². The highest BCUT2D eigenvalue weighted by Gasteiger charge is 2.37. The first-order valence-corrected chi connectivity index (χ1v) is 14.0. The summed E-state index contributed by atoms with van der Waals surface area (Å²) in [5, 5.41) is 5.67. The molecule has 0 saturated heterocycles. The zero-order valence-corrected chi connectivity index (χ0v) is 25.2. The number of unbranched alkanes of at least 4 members (excludes halogenated alkanes) is 4. The Balaban J connectivity index is 3.54. The molecule has 1 aromatic carbocycles. The van der Waals surface area contributed by atoms with Crippen LogP contribution in [0.5, 0.6) is 0 Å². The van der Waals surface area contributed by atoms with Gasteiger partial charge in [0.05, 0.1) is 0 Å². The number of hydrogen-bond acceptors (Lipinski definition) is 5. The van der Waals surface area contributed by atoms with E-state index in [4.69, 9.17) is 10.5 Å². The molecule has 4 N–H and O–H groups in total. The molecule has 0 aliphatic carbocycles. The molecule has 2 unspecified atom stereocenters. The van der Waals surface area contributed by atoms with E-state index >= 15 is 0 Å². The Hall–Kier alpha value is -3.10. The maximum absolute atomic E-state index is 14.2. The van der Waals surface area contributed by atoms with E-state index in [-0.39, 0.29) is 18.7 Å². The smallest absolute Gasteiger partial charge is 0.408 e. The van der Waals surface area contributed by atoms with E-state index in [0.29, 0.717) is 18.5 Å². The van der Waals surface area contributed by atoms with Gasteiger partial charge in [-0.2, -0.15) is 0 Å². The van der Waals surface area contributed by atoms with E-state index in [2.05, 4.69) is 17.6 Å². The minimum absolute atomic E-state index is 0.0128. The Morgan fingerprint density at radius 1 is 0.974 bits per heavy atom. The molecule has 9 nitrogen and oxygen atoms in total. The number of rotatable bonds is 14. The first kappa shape index (κ1) is 33.9. The first-order chi connectivity index (χ1) is 18.1. The van der Waals surface area contributed by atoms with Gasteiger partial charge in [-0.05, 0) is 72.4 Å². The van der Waals surface area contributed by atoms with Crippen molar-refractivity contribution in [2.45, 2.75) is 124 Å². The van der Waals surface area contributed by atoms with E-state index < -0.39 is 41.1 Å². The van der Waals surface area contributed by atoms with Crippen LogP contribution in [-0.4, -0.2) is 52.4 Å². The van der Waals surface area contributed by atoms with Gasteiger partial charge in [0.2, 0.25) is 17.7 Å². The van der Waals surface area contributed by atoms with Crippen molar-refractivity contribution in [3.63, 3.8) is 0 Å². The van der Waals surface area contributed by atoms with Crippen LogP contribution in [0.25, 0.3) is 0 Å². The number of carbonyl (C=O) groups is 4. The maximum Gasteiger partial charge on any atom is 0.408 e. The number of nitrogens with two attached hydrogens (primary N) is 1. The van der Waals surface area contributed by atoms with Crippen LogP contribution in [0.15, 0.2) is 24.3 Å². The summed E-state index contributed by atoms with van der Waals surface area (Å²) in [5.41, 5.74) is 5.64.